The molecule has 2 atom stereocenters. The van der Waals surface area contributed by atoms with Gasteiger partial charge in [0.15, 0.2) is 5.78 Å². The van der Waals surface area contributed by atoms with Crippen LogP contribution in [0.15, 0.2) is 60.7 Å². The zero-order valence-electron chi connectivity index (χ0n) is 18.7. The lowest BCUT2D eigenvalue weighted by Crippen LogP contribution is -2.17. The molecular weight excluding hydrogens is 566 g/mol. The predicted octanol–water partition coefficient (Wildman–Crippen LogP) is 7.56. The van der Waals surface area contributed by atoms with E-state index in [0.29, 0.717) is 27.0 Å². The summed E-state index contributed by atoms with van der Waals surface area (Å²) in [4.78, 5) is 37.1. The van der Waals surface area contributed by atoms with Crippen LogP contribution in [-0.2, 0) is 16.0 Å². The number of amides is 2. The minimum Gasteiger partial charge on any atom is -0.326 e. The molecule has 1 aliphatic carbocycles. The Bertz CT molecular complexity index is 1340. The SMILES string of the molecule is CC(=O)Nc1ccc(CC(=O)c2cc(NC(=O)C3C(c4cc(Cl)cc(Cl)c4)C3(Cl)Cl)ccc2Cl)cc1. The highest BCUT2D eigenvalue weighted by molar-refractivity contribution is 6.53. The van der Waals surface area contributed by atoms with E-state index in [1.165, 1.54) is 13.0 Å². The highest BCUT2D eigenvalue weighted by Crippen LogP contribution is 2.65. The van der Waals surface area contributed by atoms with E-state index in [1.54, 1.807) is 54.6 Å². The molecule has 2 unspecified atom stereocenters. The molecule has 0 bridgehead atoms. The van der Waals surface area contributed by atoms with Gasteiger partial charge in [0.1, 0.15) is 4.33 Å². The molecule has 0 spiro atoms. The molecule has 0 aliphatic heterocycles. The molecule has 3 aromatic rings. The fourth-order valence-corrected chi connectivity index (χ4v) is 5.64. The molecule has 2 amide bonds. The first-order valence-corrected chi connectivity index (χ1v) is 12.7. The summed E-state index contributed by atoms with van der Waals surface area (Å²) >= 11 is 31.3. The average Bonchev–Trinajstić information content (AvgIpc) is 3.37. The Morgan fingerprint density at radius 1 is 0.833 bits per heavy atom. The summed E-state index contributed by atoms with van der Waals surface area (Å²) < 4.78 is -1.33. The Morgan fingerprint density at radius 2 is 1.44 bits per heavy atom. The van der Waals surface area contributed by atoms with E-state index in [4.69, 9.17) is 58.0 Å². The van der Waals surface area contributed by atoms with Gasteiger partial charge in [-0.25, -0.2) is 0 Å². The Morgan fingerprint density at radius 3 is 2.06 bits per heavy atom. The van der Waals surface area contributed by atoms with Gasteiger partial charge in [0.2, 0.25) is 11.8 Å². The van der Waals surface area contributed by atoms with Crippen molar-refractivity contribution >= 4 is 87.0 Å². The van der Waals surface area contributed by atoms with Crippen LogP contribution in [0.2, 0.25) is 15.1 Å². The van der Waals surface area contributed by atoms with Gasteiger partial charge < -0.3 is 10.6 Å². The number of alkyl halides is 2. The summed E-state index contributed by atoms with van der Waals surface area (Å²) in [6.45, 7) is 1.42. The lowest BCUT2D eigenvalue weighted by atomic mass is 10.0. The number of carbonyl (C=O) groups is 3. The van der Waals surface area contributed by atoms with Crippen LogP contribution in [-0.4, -0.2) is 21.9 Å². The van der Waals surface area contributed by atoms with Crippen molar-refractivity contribution in [1.82, 2.24) is 0 Å². The van der Waals surface area contributed by atoms with Gasteiger partial charge in [0, 0.05) is 46.2 Å². The van der Waals surface area contributed by atoms with Crippen LogP contribution in [0.1, 0.15) is 34.3 Å². The van der Waals surface area contributed by atoms with Crippen molar-refractivity contribution in [2.45, 2.75) is 23.6 Å². The lowest BCUT2D eigenvalue weighted by molar-refractivity contribution is -0.117. The second-order valence-electron chi connectivity index (χ2n) is 8.49. The van der Waals surface area contributed by atoms with E-state index in [2.05, 4.69) is 10.6 Å². The molecule has 2 N–H and O–H groups in total. The van der Waals surface area contributed by atoms with Crippen LogP contribution in [0, 0.1) is 5.92 Å². The molecule has 3 aromatic carbocycles. The lowest BCUT2D eigenvalue weighted by Gasteiger charge is -2.10. The second kappa shape index (κ2) is 10.6. The fraction of sp³-hybridized carbons (Fsp3) is 0.192. The normalized spacial score (nSPS) is 17.8. The molecular formula is C26H19Cl5N2O3. The molecule has 5 nitrogen and oxygen atoms in total. The van der Waals surface area contributed by atoms with E-state index in [9.17, 15) is 14.4 Å². The molecule has 0 heterocycles. The van der Waals surface area contributed by atoms with Crippen LogP contribution < -0.4 is 10.6 Å². The van der Waals surface area contributed by atoms with Gasteiger partial charge >= 0.3 is 0 Å². The van der Waals surface area contributed by atoms with Crippen molar-refractivity contribution in [3.63, 3.8) is 0 Å². The van der Waals surface area contributed by atoms with Gasteiger partial charge in [-0.05, 0) is 59.7 Å². The Hall–Kier alpha value is -2.28. The maximum atomic E-state index is 13.0. The number of hydrogen-bond acceptors (Lipinski definition) is 3. The molecule has 0 radical (unpaired) electrons. The number of hydrogen-bond donors (Lipinski definition) is 2. The quantitative estimate of drug-likeness (QED) is 0.222. The van der Waals surface area contributed by atoms with Crippen molar-refractivity contribution in [2.75, 3.05) is 10.6 Å². The predicted molar refractivity (Wildman–Crippen MR) is 146 cm³/mol. The third-order valence-electron chi connectivity index (χ3n) is 5.75. The number of rotatable bonds is 7. The Balaban J connectivity index is 1.47. The summed E-state index contributed by atoms with van der Waals surface area (Å²) in [5.74, 6) is -2.06. The highest BCUT2D eigenvalue weighted by Gasteiger charge is 2.67. The molecule has 4 rings (SSSR count). The van der Waals surface area contributed by atoms with E-state index in [-0.39, 0.29) is 28.7 Å². The number of ketones is 1. The van der Waals surface area contributed by atoms with Crippen LogP contribution in [0.3, 0.4) is 0 Å². The maximum Gasteiger partial charge on any atom is 0.231 e. The van der Waals surface area contributed by atoms with Gasteiger partial charge in [0.05, 0.1) is 10.9 Å². The minimum atomic E-state index is -1.33. The molecule has 0 aromatic heterocycles. The summed E-state index contributed by atoms with van der Waals surface area (Å²) in [5, 5.41) is 6.54. The highest BCUT2D eigenvalue weighted by atomic mass is 35.5. The molecule has 1 fully saturated rings. The zero-order valence-corrected chi connectivity index (χ0v) is 22.5. The number of halogens is 5. The first-order chi connectivity index (χ1) is 17.0. The van der Waals surface area contributed by atoms with E-state index >= 15 is 0 Å². The molecule has 10 heteroatoms. The Labute approximate surface area is 233 Å². The molecule has 1 saturated carbocycles. The molecule has 0 saturated heterocycles. The number of nitrogens with one attached hydrogen (secondary N) is 2. The van der Waals surface area contributed by atoms with Gasteiger partial charge in [-0.3, -0.25) is 14.4 Å². The third-order valence-corrected chi connectivity index (χ3v) is 7.46. The first-order valence-electron chi connectivity index (χ1n) is 10.8. The van der Waals surface area contributed by atoms with E-state index in [0.717, 1.165) is 5.56 Å². The first kappa shape index (κ1) is 26.8. The van der Waals surface area contributed by atoms with Crippen molar-refractivity contribution in [3.05, 3.63) is 92.4 Å². The molecule has 1 aliphatic rings. The van der Waals surface area contributed by atoms with Crippen LogP contribution >= 0.6 is 58.0 Å². The van der Waals surface area contributed by atoms with Crippen LogP contribution in [0.5, 0.6) is 0 Å². The number of anilines is 2. The summed E-state index contributed by atoms with van der Waals surface area (Å²) in [6.07, 6.45) is 0.0875. The number of benzene rings is 3. The third kappa shape index (κ3) is 5.99. The average molecular weight is 585 g/mol. The van der Waals surface area contributed by atoms with Gasteiger partial charge in [-0.2, -0.15) is 0 Å². The van der Waals surface area contributed by atoms with Crippen molar-refractivity contribution in [2.24, 2.45) is 5.92 Å². The van der Waals surface area contributed by atoms with Crippen LogP contribution in [0.4, 0.5) is 11.4 Å². The number of Topliss-reactive ketones (excluding diaryl/α,β-unsaturated/α-hetero) is 1. The second-order valence-corrected chi connectivity index (χ2v) is 11.2. The van der Waals surface area contributed by atoms with Gasteiger partial charge in [-0.1, -0.05) is 46.9 Å². The maximum absolute atomic E-state index is 13.0. The van der Waals surface area contributed by atoms with E-state index in [1.807, 2.05) is 0 Å². The minimum absolute atomic E-state index is 0.0875. The smallest absolute Gasteiger partial charge is 0.231 e. The van der Waals surface area contributed by atoms with Gasteiger partial charge in [-0.15, -0.1) is 23.2 Å². The standard InChI is InChI=1S/C26H19Cl5N2O3/c1-13(34)32-18-4-2-14(3-5-18)8-22(35)20-12-19(6-7-21(20)29)33-25(36)24-23(26(24,30)31)15-9-16(27)11-17(28)10-15/h2-7,9-12,23-24H,8H2,1H3,(H,32,34)(H,33,36). The summed E-state index contributed by atoms with van der Waals surface area (Å²) in [7, 11) is 0. The van der Waals surface area contributed by atoms with Crippen LogP contribution in [0.25, 0.3) is 0 Å². The summed E-state index contributed by atoms with van der Waals surface area (Å²) in [6, 6.07) is 16.5. The Kier molecular flexibility index (Phi) is 7.89. The molecule has 186 valence electrons. The van der Waals surface area contributed by atoms with Gasteiger partial charge in [0.25, 0.3) is 0 Å². The molecule has 36 heavy (non-hydrogen) atoms. The largest absolute Gasteiger partial charge is 0.326 e. The summed E-state index contributed by atoms with van der Waals surface area (Å²) in [5.41, 5.74) is 2.68. The zero-order chi connectivity index (χ0) is 26.2. The van der Waals surface area contributed by atoms with E-state index < -0.39 is 22.1 Å². The van der Waals surface area contributed by atoms with Crippen molar-refractivity contribution in [3.8, 4) is 0 Å². The fourth-order valence-electron chi connectivity index (χ4n) is 4.05. The monoisotopic (exact) mass is 582 g/mol. The van der Waals surface area contributed by atoms with Crippen molar-refractivity contribution < 1.29 is 14.4 Å². The topological polar surface area (TPSA) is 75.3 Å². The van der Waals surface area contributed by atoms with Crippen molar-refractivity contribution in [1.29, 1.82) is 0 Å². The number of carbonyl (C=O) groups excluding carboxylic acids is 3.